The van der Waals surface area contributed by atoms with Crippen molar-refractivity contribution >= 4 is 54.2 Å². The van der Waals surface area contributed by atoms with Crippen LogP contribution in [0.25, 0.3) is 11.0 Å². The second-order valence-corrected chi connectivity index (χ2v) is 16.2. The van der Waals surface area contributed by atoms with Crippen LogP contribution in [0.1, 0.15) is 33.4 Å². The summed E-state index contributed by atoms with van der Waals surface area (Å²) in [6, 6.07) is 0. The highest BCUT2D eigenvalue weighted by Gasteiger charge is 2.42. The third kappa shape index (κ3) is 6.08. The molecule has 34 heavy (non-hydrogen) atoms. The van der Waals surface area contributed by atoms with Crippen LogP contribution >= 0.6 is 22.6 Å². The van der Waals surface area contributed by atoms with Gasteiger partial charge in [0.25, 0.3) is 5.56 Å². The Labute approximate surface area is 215 Å². The third-order valence-corrected chi connectivity index (χ3v) is 11.7. The van der Waals surface area contributed by atoms with Gasteiger partial charge in [-0.3, -0.25) is 9.78 Å². The van der Waals surface area contributed by atoms with Crippen molar-refractivity contribution in [2.24, 2.45) is 4.99 Å². The molecule has 0 spiro atoms. The highest BCUT2D eigenvalue weighted by molar-refractivity contribution is 14.1. The van der Waals surface area contributed by atoms with Crippen LogP contribution in [0.2, 0.25) is 18.1 Å². The molecule has 12 heteroatoms. The molecular formula is C22H36IN5O5Si. The van der Waals surface area contributed by atoms with Crippen molar-refractivity contribution in [2.45, 2.75) is 63.8 Å². The quantitative estimate of drug-likeness (QED) is 0.152. The Balaban J connectivity index is 1.91. The van der Waals surface area contributed by atoms with Crippen LogP contribution in [0.4, 0.5) is 5.95 Å². The normalized spacial score (nSPS) is 21.7. The number of aromatic nitrogens is 3. The van der Waals surface area contributed by atoms with Gasteiger partial charge in [-0.2, -0.15) is 4.98 Å². The highest BCUT2D eigenvalue weighted by Crippen LogP contribution is 2.39. The molecule has 10 nitrogen and oxygen atoms in total. The molecule has 1 aliphatic heterocycles. The van der Waals surface area contributed by atoms with Crippen molar-refractivity contribution in [1.29, 1.82) is 0 Å². The van der Waals surface area contributed by atoms with Crippen LogP contribution in [0.15, 0.2) is 16.0 Å². The molecule has 0 aromatic carbocycles. The Morgan fingerprint density at radius 2 is 2.12 bits per heavy atom. The molecule has 1 unspecified atom stereocenters. The number of rotatable bonds is 9. The van der Waals surface area contributed by atoms with Crippen molar-refractivity contribution in [3.05, 3.63) is 20.1 Å². The molecule has 1 saturated heterocycles. The fourth-order valence-corrected chi connectivity index (χ4v) is 5.21. The van der Waals surface area contributed by atoms with E-state index in [4.69, 9.17) is 18.6 Å². The smallest absolute Gasteiger partial charge is 0.262 e. The first-order valence-electron chi connectivity index (χ1n) is 11.2. The van der Waals surface area contributed by atoms with Crippen molar-refractivity contribution in [2.75, 3.05) is 34.6 Å². The molecule has 0 radical (unpaired) electrons. The minimum atomic E-state index is -1.96. The molecular weight excluding hydrogens is 569 g/mol. The molecule has 3 rings (SSSR count). The summed E-state index contributed by atoms with van der Waals surface area (Å²) in [5.41, 5.74) is 0.294. The summed E-state index contributed by atoms with van der Waals surface area (Å²) in [7, 11) is 3.34. The lowest BCUT2D eigenvalue weighted by atomic mass is 10.2. The molecule has 0 amide bonds. The zero-order valence-corrected chi connectivity index (χ0v) is 24.4. The van der Waals surface area contributed by atoms with Crippen molar-refractivity contribution < 1.29 is 18.6 Å². The number of hydrogen-bond acceptors (Lipinski definition) is 7. The maximum absolute atomic E-state index is 12.8. The van der Waals surface area contributed by atoms with E-state index in [0.29, 0.717) is 24.1 Å². The summed E-state index contributed by atoms with van der Waals surface area (Å²) in [5.74, 6) is 0.241. The molecule has 1 fully saturated rings. The summed E-state index contributed by atoms with van der Waals surface area (Å²) in [4.78, 5) is 26.2. The zero-order chi connectivity index (χ0) is 25.3. The fraction of sp³-hybridized carbons (Fsp3) is 0.682. The number of halogens is 1. The minimum absolute atomic E-state index is 0.0923. The van der Waals surface area contributed by atoms with E-state index in [0.717, 1.165) is 3.57 Å². The van der Waals surface area contributed by atoms with E-state index in [1.807, 2.05) is 24.9 Å². The van der Waals surface area contributed by atoms with Gasteiger partial charge in [0.2, 0.25) is 5.95 Å². The van der Waals surface area contributed by atoms with Gasteiger partial charge < -0.3 is 28.1 Å². The average molecular weight is 606 g/mol. The number of methoxy groups -OCH3 is 1. The van der Waals surface area contributed by atoms with Crippen LogP contribution < -0.4 is 5.56 Å². The standard InChI is InChI=1S/C22H36IN5O5Si/c1-22(2,3)34(7,8)32-11-16-15(31-13-30-6)9-17(33-16)28-10-14(23)18-19(28)25-21(26-20(18)29)24-12-27(4)5/h10,12,15-17H,9,11,13H2,1-8H3,(H,25,26,29)/b24-12-/t15?,16-,17-/m1/s1. The maximum Gasteiger partial charge on any atom is 0.262 e. The van der Waals surface area contributed by atoms with E-state index in [9.17, 15) is 4.79 Å². The summed E-state index contributed by atoms with van der Waals surface area (Å²) < 4.78 is 26.7. The Morgan fingerprint density at radius 1 is 1.41 bits per heavy atom. The highest BCUT2D eigenvalue weighted by atomic mass is 127. The lowest BCUT2D eigenvalue weighted by Gasteiger charge is -2.37. The largest absolute Gasteiger partial charge is 0.414 e. The number of ether oxygens (including phenoxy) is 3. The summed E-state index contributed by atoms with van der Waals surface area (Å²) in [6.45, 7) is 11.7. The Morgan fingerprint density at radius 3 is 2.74 bits per heavy atom. The molecule has 0 saturated carbocycles. The van der Waals surface area contributed by atoms with Crippen LogP contribution in [-0.2, 0) is 18.6 Å². The second-order valence-electron chi connectivity index (χ2n) is 10.2. The Bertz CT molecular complexity index is 1080. The zero-order valence-electron chi connectivity index (χ0n) is 21.2. The van der Waals surface area contributed by atoms with Gasteiger partial charge in [-0.15, -0.1) is 0 Å². The number of H-pyrrole nitrogens is 1. The molecule has 2 aromatic rings. The van der Waals surface area contributed by atoms with Crippen LogP contribution in [0, 0.1) is 3.57 Å². The lowest BCUT2D eigenvalue weighted by molar-refractivity contribution is -0.106. The van der Waals surface area contributed by atoms with Gasteiger partial charge in [-0.25, -0.2) is 4.99 Å². The van der Waals surface area contributed by atoms with Gasteiger partial charge in [-0.05, 0) is 40.7 Å². The van der Waals surface area contributed by atoms with Gasteiger partial charge in [0.05, 0.1) is 24.4 Å². The molecule has 1 N–H and O–H groups in total. The van der Waals surface area contributed by atoms with Gasteiger partial charge in [0.1, 0.15) is 19.1 Å². The number of aromatic amines is 1. The molecule has 3 atom stereocenters. The van der Waals surface area contributed by atoms with Gasteiger partial charge >= 0.3 is 0 Å². The van der Waals surface area contributed by atoms with E-state index in [1.54, 1.807) is 18.3 Å². The molecule has 1 aliphatic rings. The first-order chi connectivity index (χ1) is 15.8. The van der Waals surface area contributed by atoms with E-state index < -0.39 is 8.32 Å². The molecule has 190 valence electrons. The molecule has 0 bridgehead atoms. The van der Waals surface area contributed by atoms with Crippen LogP contribution in [-0.4, -0.2) is 80.9 Å². The predicted octanol–water partition coefficient (Wildman–Crippen LogP) is 3.85. The van der Waals surface area contributed by atoms with Crippen molar-refractivity contribution in [3.63, 3.8) is 0 Å². The molecule has 3 heterocycles. The lowest BCUT2D eigenvalue weighted by Crippen LogP contribution is -2.44. The van der Waals surface area contributed by atoms with Gasteiger partial charge in [-0.1, -0.05) is 20.8 Å². The van der Waals surface area contributed by atoms with Crippen LogP contribution in [0.5, 0.6) is 0 Å². The summed E-state index contributed by atoms with van der Waals surface area (Å²) in [6.07, 6.45) is 3.23. The van der Waals surface area contributed by atoms with E-state index >= 15 is 0 Å². The number of nitrogens with one attached hydrogen (secondary N) is 1. The topological polar surface area (TPSA) is 103 Å². The van der Waals surface area contributed by atoms with Gasteiger partial charge in [0.15, 0.2) is 14.0 Å². The summed E-state index contributed by atoms with van der Waals surface area (Å²) in [5, 5.41) is 0.609. The van der Waals surface area contributed by atoms with Crippen molar-refractivity contribution in [3.8, 4) is 0 Å². The monoisotopic (exact) mass is 605 g/mol. The fourth-order valence-electron chi connectivity index (χ4n) is 3.41. The van der Waals surface area contributed by atoms with E-state index in [1.165, 1.54) is 0 Å². The molecule has 2 aromatic heterocycles. The summed E-state index contributed by atoms with van der Waals surface area (Å²) >= 11 is 2.15. The predicted molar refractivity (Wildman–Crippen MR) is 143 cm³/mol. The van der Waals surface area contributed by atoms with E-state index in [2.05, 4.69) is 71.4 Å². The van der Waals surface area contributed by atoms with E-state index in [-0.39, 0.29) is 41.8 Å². The van der Waals surface area contributed by atoms with Crippen molar-refractivity contribution in [1.82, 2.24) is 19.4 Å². The average Bonchev–Trinajstić information content (AvgIpc) is 3.29. The Kier molecular flexibility index (Phi) is 8.62. The first-order valence-corrected chi connectivity index (χ1v) is 15.2. The SMILES string of the molecule is COCOC1C[C@H](n2cc(I)c3c(=O)[nH]c(/N=C\N(C)C)nc32)O[C@@H]1CO[Si](C)(C)C(C)(C)C. The first kappa shape index (κ1) is 27.3. The minimum Gasteiger partial charge on any atom is -0.414 e. The van der Waals surface area contributed by atoms with Crippen LogP contribution in [0.3, 0.4) is 0 Å². The second kappa shape index (κ2) is 10.7. The molecule has 0 aliphatic carbocycles. The Hall–Kier alpha value is -1.32. The maximum atomic E-state index is 12.8. The van der Waals surface area contributed by atoms with Gasteiger partial charge in [0, 0.05) is 37.4 Å². The third-order valence-electron chi connectivity index (χ3n) is 6.34. The number of nitrogens with zero attached hydrogens (tertiary/aromatic N) is 4. The number of fused-ring (bicyclic) bond motifs is 1. The number of aliphatic imine (C=N–C) groups is 1. The number of hydrogen-bond donors (Lipinski definition) is 1.